The topological polar surface area (TPSA) is 43.4 Å². The van der Waals surface area contributed by atoms with Crippen molar-refractivity contribution in [3.8, 4) is 0 Å². The monoisotopic (exact) mass is 202 g/mol. The molecule has 0 aromatic heterocycles. The second kappa shape index (κ2) is 5.07. The summed E-state index contributed by atoms with van der Waals surface area (Å²) in [6.07, 6.45) is 1.06. The summed E-state index contributed by atoms with van der Waals surface area (Å²) in [4.78, 5) is 22.1. The van der Waals surface area contributed by atoms with Gasteiger partial charge in [0, 0.05) is 5.41 Å². The average Bonchev–Trinajstić information content (AvgIpc) is 1.99. The highest BCUT2D eigenvalue weighted by molar-refractivity contribution is 8.14. The first-order valence-electron chi connectivity index (χ1n) is 3.85. The molecule has 0 heterocycles. The lowest BCUT2D eigenvalue weighted by Crippen LogP contribution is -2.18. The van der Waals surface area contributed by atoms with E-state index in [2.05, 4.69) is 11.3 Å². The van der Waals surface area contributed by atoms with Gasteiger partial charge in [0.1, 0.15) is 0 Å². The van der Waals surface area contributed by atoms with Crippen LogP contribution < -0.4 is 0 Å². The Hall–Kier alpha value is -0.770. The molecule has 0 fully saturated rings. The molecule has 0 aliphatic heterocycles. The van der Waals surface area contributed by atoms with Crippen LogP contribution in [0.15, 0.2) is 12.8 Å². The Kier molecular flexibility index (Phi) is 4.77. The second-order valence-electron chi connectivity index (χ2n) is 3.48. The van der Waals surface area contributed by atoms with E-state index in [-0.39, 0.29) is 10.9 Å². The first kappa shape index (κ1) is 12.2. The van der Waals surface area contributed by atoms with Crippen molar-refractivity contribution in [2.75, 3.05) is 5.75 Å². The minimum atomic E-state index is -0.447. The number of esters is 1. The largest absolute Gasteiger partial charge is 0.435 e. The smallest absolute Gasteiger partial charge is 0.321 e. The molecule has 0 rings (SSSR count). The number of carbonyl (C=O) groups excluding carboxylic acids is 2. The van der Waals surface area contributed by atoms with E-state index in [4.69, 9.17) is 0 Å². The Morgan fingerprint density at radius 1 is 1.46 bits per heavy atom. The van der Waals surface area contributed by atoms with Gasteiger partial charge < -0.3 is 4.74 Å². The third-order valence-corrected chi connectivity index (χ3v) is 2.40. The van der Waals surface area contributed by atoms with E-state index < -0.39 is 11.4 Å². The molecule has 0 spiro atoms. The molecule has 0 aliphatic carbocycles. The van der Waals surface area contributed by atoms with E-state index in [0.717, 1.165) is 18.0 Å². The highest BCUT2D eigenvalue weighted by Crippen LogP contribution is 2.22. The summed E-state index contributed by atoms with van der Waals surface area (Å²) in [6, 6.07) is 0. The first-order valence-corrected chi connectivity index (χ1v) is 4.84. The molecule has 13 heavy (non-hydrogen) atoms. The molecule has 0 saturated carbocycles. The van der Waals surface area contributed by atoms with E-state index in [1.807, 2.05) is 0 Å². The number of rotatable bonds is 3. The molecule has 0 aromatic carbocycles. The van der Waals surface area contributed by atoms with Crippen LogP contribution in [0.25, 0.3) is 0 Å². The van der Waals surface area contributed by atoms with Crippen molar-refractivity contribution in [1.29, 1.82) is 0 Å². The van der Waals surface area contributed by atoms with Crippen molar-refractivity contribution in [2.45, 2.75) is 20.8 Å². The van der Waals surface area contributed by atoms with Gasteiger partial charge in [-0.25, -0.2) is 0 Å². The maximum absolute atomic E-state index is 11.3. The minimum Gasteiger partial charge on any atom is -0.435 e. The molecule has 0 amide bonds. The quantitative estimate of drug-likeness (QED) is 0.518. The van der Waals surface area contributed by atoms with Crippen LogP contribution in [0.3, 0.4) is 0 Å². The number of carbonyl (C=O) groups is 2. The third-order valence-electron chi connectivity index (χ3n) is 1.15. The predicted octanol–water partition coefficient (Wildman–Crippen LogP) is 1.98. The zero-order chi connectivity index (χ0) is 10.5. The predicted molar refractivity (Wildman–Crippen MR) is 53.2 cm³/mol. The molecular formula is C9H14O3S. The SMILES string of the molecule is C=COC(=O)CSC(=O)C(C)(C)C. The summed E-state index contributed by atoms with van der Waals surface area (Å²) in [6.45, 7) is 8.66. The van der Waals surface area contributed by atoms with E-state index >= 15 is 0 Å². The van der Waals surface area contributed by atoms with E-state index in [1.165, 1.54) is 0 Å². The van der Waals surface area contributed by atoms with Gasteiger partial charge in [-0.3, -0.25) is 9.59 Å². The normalized spacial score (nSPS) is 10.7. The molecule has 0 radical (unpaired) electrons. The van der Waals surface area contributed by atoms with Crippen molar-refractivity contribution in [3.63, 3.8) is 0 Å². The van der Waals surface area contributed by atoms with Gasteiger partial charge in [-0.1, -0.05) is 39.1 Å². The fourth-order valence-electron chi connectivity index (χ4n) is 0.468. The Balaban J connectivity index is 3.84. The summed E-state index contributed by atoms with van der Waals surface area (Å²) in [5.41, 5.74) is -0.418. The van der Waals surface area contributed by atoms with E-state index in [1.54, 1.807) is 20.8 Å². The highest BCUT2D eigenvalue weighted by atomic mass is 32.2. The molecule has 74 valence electrons. The average molecular weight is 202 g/mol. The Bertz CT molecular complexity index is 215. The molecule has 0 unspecified atom stereocenters. The lowest BCUT2D eigenvalue weighted by Gasteiger charge is -2.14. The number of hydrogen-bond donors (Lipinski definition) is 0. The molecule has 0 atom stereocenters. The Labute approximate surface area is 82.5 Å². The van der Waals surface area contributed by atoms with Crippen LogP contribution in [0.4, 0.5) is 0 Å². The number of hydrogen-bond acceptors (Lipinski definition) is 4. The molecule has 0 bridgehead atoms. The maximum atomic E-state index is 11.3. The fourth-order valence-corrected chi connectivity index (χ4v) is 1.22. The van der Waals surface area contributed by atoms with Crippen molar-refractivity contribution in [2.24, 2.45) is 5.41 Å². The van der Waals surface area contributed by atoms with Crippen molar-refractivity contribution >= 4 is 22.8 Å². The minimum absolute atomic E-state index is 0.0199. The number of ether oxygens (including phenoxy) is 1. The van der Waals surface area contributed by atoms with Gasteiger partial charge in [-0.05, 0) is 0 Å². The van der Waals surface area contributed by atoms with Crippen LogP contribution in [0.1, 0.15) is 20.8 Å². The summed E-state index contributed by atoms with van der Waals surface area (Å²) < 4.78 is 4.46. The molecule has 0 aliphatic rings. The van der Waals surface area contributed by atoms with Crippen molar-refractivity contribution in [3.05, 3.63) is 12.8 Å². The molecule has 0 N–H and O–H groups in total. The van der Waals surface area contributed by atoms with Crippen LogP contribution in [-0.4, -0.2) is 16.8 Å². The summed E-state index contributed by atoms with van der Waals surface area (Å²) in [5.74, 6) is -0.403. The third kappa shape index (κ3) is 5.47. The van der Waals surface area contributed by atoms with E-state index in [0.29, 0.717) is 0 Å². The van der Waals surface area contributed by atoms with Crippen LogP contribution in [0.5, 0.6) is 0 Å². The lowest BCUT2D eigenvalue weighted by molar-refractivity contribution is -0.135. The van der Waals surface area contributed by atoms with Gasteiger partial charge in [-0.15, -0.1) is 0 Å². The van der Waals surface area contributed by atoms with E-state index in [9.17, 15) is 9.59 Å². The zero-order valence-corrected chi connectivity index (χ0v) is 8.94. The highest BCUT2D eigenvalue weighted by Gasteiger charge is 2.22. The standard InChI is InChI=1S/C9H14O3S/c1-5-12-7(10)6-13-8(11)9(2,3)4/h5H,1,6H2,2-4H3. The molecule has 0 saturated heterocycles. The van der Waals surface area contributed by atoms with Gasteiger partial charge in [0.25, 0.3) is 0 Å². The molecule has 3 nitrogen and oxygen atoms in total. The zero-order valence-electron chi connectivity index (χ0n) is 8.12. The summed E-state index contributed by atoms with van der Waals surface area (Å²) in [5, 5.41) is -0.0199. The van der Waals surface area contributed by atoms with Crippen LogP contribution in [-0.2, 0) is 14.3 Å². The molecule has 0 aromatic rings. The van der Waals surface area contributed by atoms with Gasteiger partial charge in [0.05, 0.1) is 12.0 Å². The van der Waals surface area contributed by atoms with Crippen LogP contribution in [0, 0.1) is 5.41 Å². The van der Waals surface area contributed by atoms with Crippen molar-refractivity contribution < 1.29 is 14.3 Å². The summed E-state index contributed by atoms with van der Waals surface area (Å²) in [7, 11) is 0. The van der Waals surface area contributed by atoms with Crippen LogP contribution >= 0.6 is 11.8 Å². The number of thioether (sulfide) groups is 1. The summed E-state index contributed by atoms with van der Waals surface area (Å²) >= 11 is 0.970. The molecule has 4 heteroatoms. The molecular weight excluding hydrogens is 188 g/mol. The Morgan fingerprint density at radius 2 is 2.00 bits per heavy atom. The Morgan fingerprint density at radius 3 is 2.38 bits per heavy atom. The van der Waals surface area contributed by atoms with Gasteiger partial charge in [0.2, 0.25) is 0 Å². The lowest BCUT2D eigenvalue weighted by atomic mass is 10.00. The fraction of sp³-hybridized carbons (Fsp3) is 0.556. The van der Waals surface area contributed by atoms with Gasteiger partial charge in [-0.2, -0.15) is 0 Å². The first-order chi connectivity index (χ1) is 5.88. The van der Waals surface area contributed by atoms with Gasteiger partial charge in [0.15, 0.2) is 5.12 Å². The van der Waals surface area contributed by atoms with Crippen LogP contribution in [0.2, 0.25) is 0 Å². The maximum Gasteiger partial charge on any atom is 0.321 e. The van der Waals surface area contributed by atoms with Crippen molar-refractivity contribution in [1.82, 2.24) is 0 Å². The second-order valence-corrected chi connectivity index (χ2v) is 4.43. The van der Waals surface area contributed by atoms with Gasteiger partial charge >= 0.3 is 5.97 Å².